The number of fused-ring (bicyclic) bond motifs is 1. The Morgan fingerprint density at radius 2 is 1.75 bits per heavy atom. The molecule has 0 aliphatic carbocycles. The zero-order valence-electron chi connectivity index (χ0n) is 13.5. The van der Waals surface area contributed by atoms with Gasteiger partial charge in [0.15, 0.2) is 10.2 Å². The Labute approximate surface area is 170 Å². The summed E-state index contributed by atoms with van der Waals surface area (Å²) in [5.41, 5.74) is -0.760. The number of nitro groups is 2. The largest absolute Gasteiger partial charge is 0.308 e. The second kappa shape index (κ2) is 7.80. The van der Waals surface area contributed by atoms with Gasteiger partial charge < -0.3 is 5.32 Å². The second-order valence-corrected chi connectivity index (χ2v) is 7.17. The molecule has 0 aliphatic rings. The Hall–Kier alpha value is -3.22. The minimum Gasteiger partial charge on any atom is -0.308 e. The second-order valence-electron chi connectivity index (χ2n) is 5.29. The van der Waals surface area contributed by atoms with Crippen LogP contribution in [0.4, 0.5) is 16.5 Å². The number of amides is 1. The fourth-order valence-corrected chi connectivity index (χ4v) is 3.59. The van der Waals surface area contributed by atoms with Gasteiger partial charge in [-0.05, 0) is 30.4 Å². The summed E-state index contributed by atoms with van der Waals surface area (Å²) in [7, 11) is 0. The van der Waals surface area contributed by atoms with Gasteiger partial charge in [0.05, 0.1) is 31.7 Å². The highest BCUT2D eigenvalue weighted by Gasteiger charge is 2.20. The molecule has 13 heteroatoms. The van der Waals surface area contributed by atoms with E-state index in [-0.39, 0.29) is 10.7 Å². The minimum absolute atomic E-state index is 0.121. The van der Waals surface area contributed by atoms with E-state index in [9.17, 15) is 25.0 Å². The first kappa shape index (κ1) is 19.5. The van der Waals surface area contributed by atoms with Crippen molar-refractivity contribution >= 4 is 72.9 Å². The lowest BCUT2D eigenvalue weighted by atomic mass is 10.1. The SMILES string of the molecule is O=C(NC(=S)Nc1nc2ccc(Cl)cc2s1)c1cc([N+](=O)[O-])cc([N+](=O)[O-])c1. The van der Waals surface area contributed by atoms with Crippen molar-refractivity contribution in [3.05, 3.63) is 67.2 Å². The highest BCUT2D eigenvalue weighted by atomic mass is 35.5. The van der Waals surface area contributed by atoms with E-state index >= 15 is 0 Å². The molecule has 3 rings (SSSR count). The fraction of sp³-hybridized carbons (Fsp3) is 0. The number of non-ortho nitro benzene ring substituents is 2. The van der Waals surface area contributed by atoms with Gasteiger partial charge in [-0.2, -0.15) is 0 Å². The first-order valence-corrected chi connectivity index (χ1v) is 8.95. The molecule has 0 bridgehead atoms. The lowest BCUT2D eigenvalue weighted by Crippen LogP contribution is -2.34. The molecule has 0 aliphatic heterocycles. The van der Waals surface area contributed by atoms with Gasteiger partial charge in [0.1, 0.15) is 0 Å². The molecule has 0 fully saturated rings. The van der Waals surface area contributed by atoms with Gasteiger partial charge in [0.2, 0.25) is 0 Å². The summed E-state index contributed by atoms with van der Waals surface area (Å²) in [5.74, 6) is -0.839. The molecule has 0 unspecified atom stereocenters. The predicted octanol–water partition coefficient (Wildman–Crippen LogP) is 3.89. The van der Waals surface area contributed by atoms with Crippen LogP contribution in [-0.4, -0.2) is 25.9 Å². The van der Waals surface area contributed by atoms with E-state index in [4.69, 9.17) is 23.8 Å². The number of hydrogen-bond acceptors (Lipinski definition) is 8. The maximum absolute atomic E-state index is 12.3. The number of hydrogen-bond donors (Lipinski definition) is 2. The smallest absolute Gasteiger partial charge is 0.277 e. The van der Waals surface area contributed by atoms with Gasteiger partial charge in [-0.25, -0.2) is 4.98 Å². The lowest BCUT2D eigenvalue weighted by Gasteiger charge is -2.07. The van der Waals surface area contributed by atoms with Crippen molar-refractivity contribution in [1.82, 2.24) is 10.3 Å². The van der Waals surface area contributed by atoms with Crippen LogP contribution in [0.15, 0.2) is 36.4 Å². The van der Waals surface area contributed by atoms with Gasteiger partial charge in [0.25, 0.3) is 17.3 Å². The number of benzene rings is 2. The summed E-state index contributed by atoms with van der Waals surface area (Å²) < 4.78 is 0.804. The summed E-state index contributed by atoms with van der Waals surface area (Å²) >= 11 is 12.2. The van der Waals surface area contributed by atoms with Gasteiger partial charge in [0, 0.05) is 17.2 Å². The van der Waals surface area contributed by atoms with Crippen LogP contribution in [0.2, 0.25) is 5.02 Å². The highest BCUT2D eigenvalue weighted by molar-refractivity contribution is 7.80. The molecule has 10 nitrogen and oxygen atoms in total. The van der Waals surface area contributed by atoms with Gasteiger partial charge >= 0.3 is 0 Å². The molecule has 0 spiro atoms. The number of aromatic nitrogens is 1. The van der Waals surface area contributed by atoms with E-state index in [2.05, 4.69) is 15.6 Å². The number of thiazole rings is 1. The molecule has 0 radical (unpaired) electrons. The topological polar surface area (TPSA) is 140 Å². The molecule has 2 N–H and O–H groups in total. The number of nitrogens with one attached hydrogen (secondary N) is 2. The first-order chi connectivity index (χ1) is 13.2. The van der Waals surface area contributed by atoms with Crippen LogP contribution in [0.1, 0.15) is 10.4 Å². The van der Waals surface area contributed by atoms with Crippen LogP contribution < -0.4 is 10.6 Å². The van der Waals surface area contributed by atoms with E-state index < -0.39 is 27.1 Å². The Bertz CT molecular complexity index is 1120. The lowest BCUT2D eigenvalue weighted by molar-refractivity contribution is -0.394. The molecule has 1 heterocycles. The van der Waals surface area contributed by atoms with Crippen molar-refractivity contribution in [1.29, 1.82) is 0 Å². The van der Waals surface area contributed by atoms with Crippen molar-refractivity contribution in [2.24, 2.45) is 0 Å². The molecule has 0 saturated heterocycles. The highest BCUT2D eigenvalue weighted by Crippen LogP contribution is 2.28. The van der Waals surface area contributed by atoms with Gasteiger partial charge in [-0.1, -0.05) is 22.9 Å². The van der Waals surface area contributed by atoms with Crippen LogP contribution in [0.5, 0.6) is 0 Å². The Morgan fingerprint density at radius 1 is 1.11 bits per heavy atom. The van der Waals surface area contributed by atoms with Gasteiger partial charge in [-0.15, -0.1) is 0 Å². The molecule has 3 aromatic rings. The molecular weight excluding hydrogens is 430 g/mol. The summed E-state index contributed by atoms with van der Waals surface area (Å²) in [6.45, 7) is 0. The maximum atomic E-state index is 12.3. The normalized spacial score (nSPS) is 10.5. The number of nitro benzene ring substituents is 2. The van der Waals surface area contributed by atoms with E-state index in [0.29, 0.717) is 15.7 Å². The molecule has 28 heavy (non-hydrogen) atoms. The number of rotatable bonds is 4. The monoisotopic (exact) mass is 437 g/mol. The third kappa shape index (κ3) is 4.36. The summed E-state index contributed by atoms with van der Waals surface area (Å²) in [6, 6.07) is 7.74. The van der Waals surface area contributed by atoms with E-state index in [1.54, 1.807) is 18.2 Å². The van der Waals surface area contributed by atoms with Gasteiger partial charge in [-0.3, -0.25) is 30.3 Å². The summed E-state index contributed by atoms with van der Waals surface area (Å²) in [6.07, 6.45) is 0. The maximum Gasteiger partial charge on any atom is 0.277 e. The third-order valence-corrected chi connectivity index (χ3v) is 4.76. The zero-order chi connectivity index (χ0) is 20.4. The van der Waals surface area contributed by atoms with Crippen molar-refractivity contribution in [3.63, 3.8) is 0 Å². The average Bonchev–Trinajstić information content (AvgIpc) is 3.02. The third-order valence-electron chi connectivity index (χ3n) is 3.38. The first-order valence-electron chi connectivity index (χ1n) is 7.35. The Balaban J connectivity index is 1.77. The number of thiocarbonyl (C=S) groups is 1. The summed E-state index contributed by atoms with van der Waals surface area (Å²) in [5, 5.41) is 27.7. The Kier molecular flexibility index (Phi) is 5.44. The molecule has 1 aromatic heterocycles. The Morgan fingerprint density at radius 3 is 2.36 bits per heavy atom. The van der Waals surface area contributed by atoms with Crippen LogP contribution in [0, 0.1) is 20.2 Å². The van der Waals surface area contributed by atoms with Crippen molar-refractivity contribution in [2.75, 3.05) is 5.32 Å². The van der Waals surface area contributed by atoms with Crippen molar-refractivity contribution < 1.29 is 14.6 Å². The fourth-order valence-electron chi connectivity index (χ4n) is 2.19. The summed E-state index contributed by atoms with van der Waals surface area (Å²) in [4.78, 5) is 36.8. The molecule has 1 amide bonds. The van der Waals surface area contributed by atoms with Crippen LogP contribution in [0.3, 0.4) is 0 Å². The molecular formula is C15H8ClN5O5S2. The van der Waals surface area contributed by atoms with E-state index in [0.717, 1.165) is 22.9 Å². The molecule has 2 aromatic carbocycles. The molecule has 0 saturated carbocycles. The van der Waals surface area contributed by atoms with Crippen LogP contribution >= 0.6 is 35.2 Å². The molecule has 142 valence electrons. The predicted molar refractivity (Wildman–Crippen MR) is 108 cm³/mol. The van der Waals surface area contributed by atoms with Crippen molar-refractivity contribution in [3.8, 4) is 0 Å². The quantitative estimate of drug-likeness (QED) is 0.355. The van der Waals surface area contributed by atoms with Crippen LogP contribution in [0.25, 0.3) is 10.2 Å². The number of carbonyl (C=O) groups excluding carboxylic acids is 1. The average molecular weight is 438 g/mol. The minimum atomic E-state index is -0.839. The van der Waals surface area contributed by atoms with E-state index in [1.807, 2.05) is 0 Å². The zero-order valence-corrected chi connectivity index (χ0v) is 15.9. The number of nitrogens with zero attached hydrogens (tertiary/aromatic N) is 3. The van der Waals surface area contributed by atoms with E-state index in [1.165, 1.54) is 11.3 Å². The van der Waals surface area contributed by atoms with Crippen molar-refractivity contribution in [2.45, 2.75) is 0 Å². The van der Waals surface area contributed by atoms with Crippen LogP contribution in [-0.2, 0) is 0 Å². The molecule has 0 atom stereocenters. The number of halogens is 1. The standard InChI is InChI=1S/C15H8ClN5O5S2/c16-8-1-2-11-12(5-8)28-15(17-11)19-14(27)18-13(22)7-3-9(20(23)24)6-10(4-7)21(25)26/h1-6H,(H2,17,18,19,22,27). The number of carbonyl (C=O) groups is 1. The number of anilines is 1.